The molecule has 0 radical (unpaired) electrons. The predicted molar refractivity (Wildman–Crippen MR) is 115 cm³/mol. The molecule has 0 saturated heterocycles. The van der Waals surface area contributed by atoms with Gasteiger partial charge in [-0.2, -0.15) is 0 Å². The summed E-state index contributed by atoms with van der Waals surface area (Å²) >= 11 is 6.21. The molecule has 7 heteroatoms. The highest BCUT2D eigenvalue weighted by atomic mass is 35.5. The highest BCUT2D eigenvalue weighted by Crippen LogP contribution is 2.34. The summed E-state index contributed by atoms with van der Waals surface area (Å²) in [7, 11) is 0. The molecule has 1 aromatic carbocycles. The number of aromatic nitrogens is 3. The second-order valence-electron chi connectivity index (χ2n) is 7.00. The molecule has 0 aliphatic heterocycles. The molecule has 0 aliphatic carbocycles. The fraction of sp³-hybridized carbons (Fsp3) is 0.136. The molecule has 144 valence electrons. The van der Waals surface area contributed by atoms with Crippen LogP contribution in [0.25, 0.3) is 32.9 Å². The molecule has 0 amide bonds. The minimum absolute atomic E-state index is 0.279. The molecule has 29 heavy (non-hydrogen) atoms. The van der Waals surface area contributed by atoms with Gasteiger partial charge in [0.2, 0.25) is 5.71 Å². The summed E-state index contributed by atoms with van der Waals surface area (Å²) in [4.78, 5) is 21.2. The number of rotatable bonds is 3. The number of nitrogen functional groups attached to an aromatic ring is 1. The standard InChI is InChI=1S/C22H17ClN4O2/c1-2-12-3-4-17-15(7-12)19-16-9-14(23)10-26-21(16)29-22(28)20(19)27(17)11-13-5-6-25-18(24)8-13/h3-10H,2,11H2,1H3,(H2,24,25). The average molecular weight is 405 g/mol. The predicted octanol–water partition coefficient (Wildman–Crippen LogP) is 4.54. The van der Waals surface area contributed by atoms with E-state index in [0.29, 0.717) is 22.9 Å². The molecule has 0 spiro atoms. The topological polar surface area (TPSA) is 86.9 Å². The van der Waals surface area contributed by atoms with Gasteiger partial charge in [0.1, 0.15) is 11.3 Å². The van der Waals surface area contributed by atoms with Crippen LogP contribution < -0.4 is 11.4 Å². The van der Waals surface area contributed by atoms with Crippen molar-refractivity contribution in [3.63, 3.8) is 0 Å². The van der Waals surface area contributed by atoms with E-state index in [1.807, 2.05) is 16.7 Å². The Bertz CT molecular complexity index is 1470. The van der Waals surface area contributed by atoms with Crippen molar-refractivity contribution in [2.24, 2.45) is 0 Å². The Morgan fingerprint density at radius 2 is 1.97 bits per heavy atom. The summed E-state index contributed by atoms with van der Waals surface area (Å²) in [6.45, 7) is 2.56. The van der Waals surface area contributed by atoms with E-state index in [2.05, 4.69) is 29.0 Å². The molecule has 0 bridgehead atoms. The monoisotopic (exact) mass is 404 g/mol. The molecule has 0 saturated carbocycles. The highest BCUT2D eigenvalue weighted by molar-refractivity contribution is 6.32. The second kappa shape index (κ2) is 6.60. The van der Waals surface area contributed by atoms with Gasteiger partial charge in [0.05, 0.1) is 5.02 Å². The van der Waals surface area contributed by atoms with Crippen molar-refractivity contribution < 1.29 is 4.42 Å². The molecule has 5 rings (SSSR count). The number of aryl methyl sites for hydroxylation is 1. The Kier molecular flexibility index (Phi) is 4.03. The Hall–Kier alpha value is -3.38. The number of fused-ring (bicyclic) bond motifs is 5. The van der Waals surface area contributed by atoms with Gasteiger partial charge < -0.3 is 14.7 Å². The van der Waals surface area contributed by atoms with Gasteiger partial charge in [0, 0.05) is 40.6 Å². The Morgan fingerprint density at radius 3 is 2.76 bits per heavy atom. The van der Waals surface area contributed by atoms with Crippen molar-refractivity contribution >= 4 is 50.3 Å². The second-order valence-corrected chi connectivity index (χ2v) is 7.44. The van der Waals surface area contributed by atoms with Crippen LogP contribution in [-0.4, -0.2) is 14.5 Å². The Balaban J connectivity index is 1.94. The zero-order valence-corrected chi connectivity index (χ0v) is 16.4. The van der Waals surface area contributed by atoms with E-state index in [-0.39, 0.29) is 5.71 Å². The number of pyridine rings is 2. The first-order valence-electron chi connectivity index (χ1n) is 9.28. The molecule has 6 nitrogen and oxygen atoms in total. The van der Waals surface area contributed by atoms with Crippen molar-refractivity contribution in [1.29, 1.82) is 0 Å². The number of hydrogen-bond acceptors (Lipinski definition) is 5. The first-order chi connectivity index (χ1) is 14.0. The lowest BCUT2D eigenvalue weighted by atomic mass is 10.1. The van der Waals surface area contributed by atoms with Crippen LogP contribution in [-0.2, 0) is 13.0 Å². The smallest absolute Gasteiger partial charge is 0.362 e. The minimum atomic E-state index is -0.432. The number of nitrogens with zero attached hydrogens (tertiary/aromatic N) is 3. The maximum absolute atomic E-state index is 13.0. The minimum Gasteiger partial charge on any atom is -0.402 e. The van der Waals surface area contributed by atoms with Gasteiger partial charge in [-0.15, -0.1) is 0 Å². The lowest BCUT2D eigenvalue weighted by molar-refractivity contribution is 0.553. The van der Waals surface area contributed by atoms with Gasteiger partial charge in [-0.05, 0) is 47.9 Å². The Morgan fingerprint density at radius 1 is 1.10 bits per heavy atom. The SMILES string of the molecule is CCc1ccc2c(c1)c1c3cc(Cl)cnc3oc(=O)c1n2Cc1ccnc(N)c1. The quantitative estimate of drug-likeness (QED) is 0.477. The molecule has 0 atom stereocenters. The summed E-state index contributed by atoms with van der Waals surface area (Å²) in [5.41, 5.74) is 9.24. The third-order valence-corrected chi connectivity index (χ3v) is 5.40. The number of nitrogens with two attached hydrogens (primary N) is 1. The van der Waals surface area contributed by atoms with E-state index in [0.717, 1.165) is 33.7 Å². The molecule has 0 unspecified atom stereocenters. The lowest BCUT2D eigenvalue weighted by Crippen LogP contribution is -2.09. The van der Waals surface area contributed by atoms with Crippen LogP contribution in [0.2, 0.25) is 5.02 Å². The van der Waals surface area contributed by atoms with Crippen molar-refractivity contribution in [3.05, 3.63) is 75.4 Å². The largest absolute Gasteiger partial charge is 0.402 e. The summed E-state index contributed by atoms with van der Waals surface area (Å²) in [5, 5.41) is 2.99. The van der Waals surface area contributed by atoms with Gasteiger partial charge in [0.15, 0.2) is 0 Å². The summed E-state index contributed by atoms with van der Waals surface area (Å²) in [5.74, 6) is 0.435. The van der Waals surface area contributed by atoms with Crippen molar-refractivity contribution in [2.45, 2.75) is 19.9 Å². The van der Waals surface area contributed by atoms with Crippen LogP contribution in [0.1, 0.15) is 18.1 Å². The van der Waals surface area contributed by atoms with E-state index < -0.39 is 5.63 Å². The van der Waals surface area contributed by atoms with E-state index in [1.54, 1.807) is 18.3 Å². The molecule has 5 aromatic rings. The zero-order chi connectivity index (χ0) is 20.1. The number of hydrogen-bond donors (Lipinski definition) is 1. The van der Waals surface area contributed by atoms with Crippen LogP contribution in [0.15, 0.2) is 58.0 Å². The molecule has 0 fully saturated rings. The summed E-state index contributed by atoms with van der Waals surface area (Å²) in [6, 6.07) is 11.7. The summed E-state index contributed by atoms with van der Waals surface area (Å²) in [6.07, 6.45) is 4.03. The Labute approximate surface area is 170 Å². The maximum atomic E-state index is 13.0. The average Bonchev–Trinajstić information content (AvgIpc) is 3.03. The molecule has 2 N–H and O–H groups in total. The van der Waals surface area contributed by atoms with Crippen molar-refractivity contribution in [3.8, 4) is 0 Å². The molecule has 0 aliphatic rings. The van der Waals surface area contributed by atoms with Crippen LogP contribution >= 0.6 is 11.6 Å². The fourth-order valence-electron chi connectivity index (χ4n) is 3.87. The van der Waals surface area contributed by atoms with E-state index in [9.17, 15) is 4.79 Å². The maximum Gasteiger partial charge on any atom is 0.362 e. The number of benzene rings is 1. The van der Waals surface area contributed by atoms with Crippen LogP contribution in [0, 0.1) is 0 Å². The van der Waals surface area contributed by atoms with Gasteiger partial charge in [0.25, 0.3) is 0 Å². The highest BCUT2D eigenvalue weighted by Gasteiger charge is 2.19. The van der Waals surface area contributed by atoms with Crippen LogP contribution in [0.5, 0.6) is 0 Å². The molecule has 4 heterocycles. The third kappa shape index (κ3) is 2.84. The zero-order valence-electron chi connectivity index (χ0n) is 15.6. The number of anilines is 1. The van der Waals surface area contributed by atoms with Crippen molar-refractivity contribution in [1.82, 2.24) is 14.5 Å². The van der Waals surface area contributed by atoms with E-state index >= 15 is 0 Å². The summed E-state index contributed by atoms with van der Waals surface area (Å²) < 4.78 is 7.50. The molecular weight excluding hydrogens is 388 g/mol. The van der Waals surface area contributed by atoms with Gasteiger partial charge >= 0.3 is 5.63 Å². The molecule has 4 aromatic heterocycles. The normalized spacial score (nSPS) is 11.7. The fourth-order valence-corrected chi connectivity index (χ4v) is 4.03. The lowest BCUT2D eigenvalue weighted by Gasteiger charge is -2.08. The van der Waals surface area contributed by atoms with Crippen LogP contribution in [0.3, 0.4) is 0 Å². The van der Waals surface area contributed by atoms with E-state index in [1.165, 1.54) is 11.8 Å². The first-order valence-corrected chi connectivity index (χ1v) is 9.66. The molecular formula is C22H17ClN4O2. The van der Waals surface area contributed by atoms with Crippen molar-refractivity contribution in [2.75, 3.05) is 5.73 Å². The van der Waals surface area contributed by atoms with Gasteiger partial charge in [-0.25, -0.2) is 14.8 Å². The first kappa shape index (κ1) is 17.7. The van der Waals surface area contributed by atoms with Crippen LogP contribution in [0.4, 0.5) is 5.82 Å². The number of halogens is 1. The van der Waals surface area contributed by atoms with Gasteiger partial charge in [-0.3, -0.25) is 0 Å². The van der Waals surface area contributed by atoms with Gasteiger partial charge in [-0.1, -0.05) is 24.6 Å². The van der Waals surface area contributed by atoms with E-state index in [4.69, 9.17) is 21.8 Å². The third-order valence-electron chi connectivity index (χ3n) is 5.19.